The second-order valence-electron chi connectivity index (χ2n) is 11.2. The van der Waals surface area contributed by atoms with Gasteiger partial charge in [-0.25, -0.2) is 0 Å². The SMILES string of the molecule is COC1(c2ccccc2)CCN(C(C)(C)CCC(C)(C)N2CCC(C)(O)CC2)CC1. The molecule has 0 atom stereocenters. The van der Waals surface area contributed by atoms with Crippen molar-refractivity contribution in [2.45, 2.75) is 95.4 Å². The molecule has 0 bridgehead atoms. The number of hydrogen-bond acceptors (Lipinski definition) is 4. The van der Waals surface area contributed by atoms with E-state index in [4.69, 9.17) is 4.74 Å². The van der Waals surface area contributed by atoms with Gasteiger partial charge in [0.2, 0.25) is 0 Å². The van der Waals surface area contributed by atoms with Crippen molar-refractivity contribution >= 4 is 0 Å². The molecule has 4 nitrogen and oxygen atoms in total. The Hall–Kier alpha value is -0.940. The Balaban J connectivity index is 1.56. The standard InChI is InChI=1S/C26H44N2O2/c1-23(2,27-18-14-25(5,29)15-19-27)12-13-24(3,4)28-20-16-26(30-6,17-21-28)22-10-8-7-9-11-22/h7-11,29H,12-21H2,1-6H3. The predicted octanol–water partition coefficient (Wildman–Crippen LogP) is 4.81. The molecule has 2 aliphatic rings. The van der Waals surface area contributed by atoms with Gasteiger partial charge in [0.15, 0.2) is 0 Å². The third-order valence-electron chi connectivity index (χ3n) is 8.16. The minimum absolute atomic E-state index is 0.141. The van der Waals surface area contributed by atoms with E-state index in [1.54, 1.807) is 0 Å². The molecule has 0 saturated carbocycles. The van der Waals surface area contributed by atoms with E-state index in [-0.39, 0.29) is 16.7 Å². The summed E-state index contributed by atoms with van der Waals surface area (Å²) in [5.74, 6) is 0. The third kappa shape index (κ3) is 5.27. The maximum Gasteiger partial charge on any atom is 0.0951 e. The molecular weight excluding hydrogens is 372 g/mol. The van der Waals surface area contributed by atoms with Gasteiger partial charge in [-0.2, -0.15) is 0 Å². The number of ether oxygens (including phenoxy) is 1. The highest BCUT2D eigenvalue weighted by molar-refractivity contribution is 5.23. The fourth-order valence-electron chi connectivity index (χ4n) is 5.35. The molecule has 1 aromatic rings. The van der Waals surface area contributed by atoms with Crippen LogP contribution in [0.2, 0.25) is 0 Å². The van der Waals surface area contributed by atoms with Gasteiger partial charge in [0.1, 0.15) is 0 Å². The van der Waals surface area contributed by atoms with Crippen molar-refractivity contribution in [3.05, 3.63) is 35.9 Å². The first-order valence-corrected chi connectivity index (χ1v) is 11.8. The van der Waals surface area contributed by atoms with Crippen molar-refractivity contribution < 1.29 is 9.84 Å². The van der Waals surface area contributed by atoms with Crippen molar-refractivity contribution in [3.63, 3.8) is 0 Å². The Kier molecular flexibility index (Phi) is 7.03. The van der Waals surface area contributed by atoms with Crippen LogP contribution in [0.4, 0.5) is 0 Å². The van der Waals surface area contributed by atoms with Gasteiger partial charge < -0.3 is 9.84 Å². The molecule has 170 valence electrons. The summed E-state index contributed by atoms with van der Waals surface area (Å²) >= 11 is 0. The first-order valence-electron chi connectivity index (χ1n) is 11.8. The third-order valence-corrected chi connectivity index (χ3v) is 8.16. The molecule has 0 aliphatic carbocycles. The van der Waals surface area contributed by atoms with E-state index in [1.165, 1.54) is 18.4 Å². The van der Waals surface area contributed by atoms with Crippen LogP contribution >= 0.6 is 0 Å². The molecule has 2 heterocycles. The van der Waals surface area contributed by atoms with E-state index < -0.39 is 5.60 Å². The quantitative estimate of drug-likeness (QED) is 0.692. The molecule has 2 aliphatic heterocycles. The van der Waals surface area contributed by atoms with Crippen molar-refractivity contribution in [2.24, 2.45) is 0 Å². The van der Waals surface area contributed by atoms with Gasteiger partial charge in [-0.05, 0) is 78.7 Å². The highest BCUT2D eigenvalue weighted by atomic mass is 16.5. The average molecular weight is 417 g/mol. The van der Waals surface area contributed by atoms with Crippen LogP contribution in [-0.2, 0) is 10.3 Å². The van der Waals surface area contributed by atoms with Gasteiger partial charge in [0.05, 0.1) is 11.2 Å². The summed E-state index contributed by atoms with van der Waals surface area (Å²) in [4.78, 5) is 5.26. The second-order valence-corrected chi connectivity index (χ2v) is 11.2. The Bertz CT molecular complexity index is 666. The number of aliphatic hydroxyl groups is 1. The number of piperidine rings is 2. The lowest BCUT2D eigenvalue weighted by Gasteiger charge is -2.49. The number of likely N-dealkylation sites (tertiary alicyclic amines) is 2. The molecule has 0 radical (unpaired) electrons. The summed E-state index contributed by atoms with van der Waals surface area (Å²) in [7, 11) is 1.87. The Morgan fingerprint density at radius 3 is 1.70 bits per heavy atom. The van der Waals surface area contributed by atoms with Crippen molar-refractivity contribution in [1.82, 2.24) is 9.80 Å². The van der Waals surface area contributed by atoms with Crippen LogP contribution in [0.15, 0.2) is 30.3 Å². The molecule has 30 heavy (non-hydrogen) atoms. The molecule has 2 fully saturated rings. The molecule has 3 rings (SSSR count). The molecular formula is C26H44N2O2. The maximum atomic E-state index is 10.3. The fraction of sp³-hybridized carbons (Fsp3) is 0.769. The number of benzene rings is 1. The van der Waals surface area contributed by atoms with Crippen molar-refractivity contribution in [3.8, 4) is 0 Å². The molecule has 2 saturated heterocycles. The average Bonchev–Trinajstić information content (AvgIpc) is 2.73. The summed E-state index contributed by atoms with van der Waals surface area (Å²) in [6.07, 6.45) is 6.20. The maximum absolute atomic E-state index is 10.3. The van der Waals surface area contributed by atoms with Gasteiger partial charge in [-0.15, -0.1) is 0 Å². The Morgan fingerprint density at radius 2 is 1.27 bits per heavy atom. The zero-order valence-electron chi connectivity index (χ0n) is 20.2. The Morgan fingerprint density at radius 1 is 0.833 bits per heavy atom. The first-order chi connectivity index (χ1) is 14.0. The normalized spacial score (nSPS) is 23.4. The van der Waals surface area contributed by atoms with Gasteiger partial charge in [-0.1, -0.05) is 30.3 Å². The van der Waals surface area contributed by atoms with E-state index in [2.05, 4.69) is 67.8 Å². The zero-order valence-corrected chi connectivity index (χ0v) is 20.2. The van der Waals surface area contributed by atoms with Crippen molar-refractivity contribution in [2.75, 3.05) is 33.3 Å². The van der Waals surface area contributed by atoms with Crippen molar-refractivity contribution in [1.29, 1.82) is 0 Å². The lowest BCUT2D eigenvalue weighted by molar-refractivity contribution is -0.0820. The van der Waals surface area contributed by atoms with E-state index in [1.807, 2.05) is 14.0 Å². The molecule has 0 aromatic heterocycles. The first kappa shape index (κ1) is 23.7. The predicted molar refractivity (Wildman–Crippen MR) is 125 cm³/mol. The number of hydrogen-bond donors (Lipinski definition) is 1. The minimum Gasteiger partial charge on any atom is -0.390 e. The highest BCUT2D eigenvalue weighted by Gasteiger charge is 2.41. The van der Waals surface area contributed by atoms with Crippen LogP contribution in [0.25, 0.3) is 0 Å². The summed E-state index contributed by atoms with van der Waals surface area (Å²) in [6.45, 7) is 15.7. The summed E-state index contributed by atoms with van der Waals surface area (Å²) in [5, 5.41) is 10.3. The molecule has 0 amide bonds. The molecule has 1 aromatic carbocycles. The van der Waals surface area contributed by atoms with E-state index in [0.29, 0.717) is 0 Å². The summed E-state index contributed by atoms with van der Waals surface area (Å²) in [6, 6.07) is 10.7. The molecule has 0 spiro atoms. The van der Waals surface area contributed by atoms with Crippen LogP contribution < -0.4 is 0 Å². The van der Waals surface area contributed by atoms with Crippen LogP contribution in [0.1, 0.15) is 78.7 Å². The summed E-state index contributed by atoms with van der Waals surface area (Å²) < 4.78 is 6.08. The van der Waals surface area contributed by atoms with E-state index >= 15 is 0 Å². The minimum atomic E-state index is -0.480. The fourth-order valence-corrected chi connectivity index (χ4v) is 5.35. The van der Waals surface area contributed by atoms with Gasteiger partial charge >= 0.3 is 0 Å². The molecule has 0 unspecified atom stereocenters. The smallest absolute Gasteiger partial charge is 0.0951 e. The summed E-state index contributed by atoms with van der Waals surface area (Å²) in [5.41, 5.74) is 1.04. The largest absolute Gasteiger partial charge is 0.390 e. The molecule has 4 heteroatoms. The van der Waals surface area contributed by atoms with Gasteiger partial charge in [-0.3, -0.25) is 9.80 Å². The van der Waals surface area contributed by atoms with Crippen LogP contribution in [0, 0.1) is 0 Å². The lowest BCUT2D eigenvalue weighted by Crippen LogP contribution is -2.55. The zero-order chi connectivity index (χ0) is 22.0. The van der Waals surface area contributed by atoms with Crippen LogP contribution in [0.3, 0.4) is 0 Å². The number of rotatable bonds is 7. The number of nitrogens with zero attached hydrogens (tertiary/aromatic N) is 2. The molecule has 1 N–H and O–H groups in total. The number of methoxy groups -OCH3 is 1. The van der Waals surface area contributed by atoms with Crippen LogP contribution in [-0.4, -0.2) is 64.9 Å². The van der Waals surface area contributed by atoms with E-state index in [0.717, 1.165) is 51.9 Å². The van der Waals surface area contributed by atoms with Crippen LogP contribution in [0.5, 0.6) is 0 Å². The lowest BCUT2D eigenvalue weighted by atomic mass is 9.80. The second kappa shape index (κ2) is 8.90. The van der Waals surface area contributed by atoms with E-state index in [9.17, 15) is 5.11 Å². The van der Waals surface area contributed by atoms with Gasteiger partial charge in [0.25, 0.3) is 0 Å². The highest BCUT2D eigenvalue weighted by Crippen LogP contribution is 2.39. The Labute approximate surface area is 184 Å². The topological polar surface area (TPSA) is 35.9 Å². The monoisotopic (exact) mass is 416 g/mol. The van der Waals surface area contributed by atoms with Gasteiger partial charge in [0, 0.05) is 44.4 Å².